The van der Waals surface area contributed by atoms with Gasteiger partial charge in [-0.2, -0.15) is 0 Å². The number of esters is 1. The molecule has 0 bridgehead atoms. The van der Waals surface area contributed by atoms with Gasteiger partial charge in [0.1, 0.15) is 17.1 Å². The lowest BCUT2D eigenvalue weighted by atomic mass is 9.76. The van der Waals surface area contributed by atoms with Crippen molar-refractivity contribution in [2.24, 2.45) is 0 Å². The highest BCUT2D eigenvalue weighted by atomic mass is 16.5. The van der Waals surface area contributed by atoms with Crippen molar-refractivity contribution in [2.45, 2.75) is 80.3 Å². The van der Waals surface area contributed by atoms with Crippen molar-refractivity contribution >= 4 is 5.97 Å². The molecule has 3 nitrogen and oxygen atoms in total. The molecule has 0 N–H and O–H groups in total. The first-order valence-corrected chi connectivity index (χ1v) is 9.83. The predicted octanol–water partition coefficient (Wildman–Crippen LogP) is 6.35. The van der Waals surface area contributed by atoms with E-state index in [0.717, 1.165) is 28.0 Å². The van der Waals surface area contributed by atoms with Crippen LogP contribution in [0.5, 0.6) is 11.5 Å². The van der Waals surface area contributed by atoms with E-state index in [-0.39, 0.29) is 17.0 Å². The molecule has 3 heteroatoms. The van der Waals surface area contributed by atoms with Crippen molar-refractivity contribution in [1.29, 1.82) is 0 Å². The second-order valence-corrected chi connectivity index (χ2v) is 9.31. The van der Waals surface area contributed by atoms with Gasteiger partial charge in [-0.05, 0) is 81.8 Å². The fourth-order valence-electron chi connectivity index (χ4n) is 3.56. The summed E-state index contributed by atoms with van der Waals surface area (Å²) in [5, 5.41) is 0. The summed E-state index contributed by atoms with van der Waals surface area (Å²) >= 11 is 0. The van der Waals surface area contributed by atoms with Crippen molar-refractivity contribution in [2.75, 3.05) is 0 Å². The number of ether oxygens (including phenoxy) is 2. The molecular weight excluding hydrogens is 348 g/mol. The van der Waals surface area contributed by atoms with E-state index in [1.165, 1.54) is 18.1 Å². The van der Waals surface area contributed by atoms with Crippen LogP contribution in [0.25, 0.3) is 0 Å². The number of carbonyl (C=O) groups is 1. The van der Waals surface area contributed by atoms with Crippen LogP contribution in [0.15, 0.2) is 24.3 Å². The molecule has 0 fully saturated rings. The van der Waals surface area contributed by atoms with E-state index in [4.69, 9.17) is 9.47 Å². The molecule has 0 amide bonds. The lowest BCUT2D eigenvalue weighted by Crippen LogP contribution is -2.25. The number of carbonyl (C=O) groups excluding carboxylic acids is 1. The first kappa shape index (κ1) is 22.0. The quantitative estimate of drug-likeness (QED) is 0.456. The van der Waals surface area contributed by atoms with Crippen molar-refractivity contribution < 1.29 is 14.3 Å². The third kappa shape index (κ3) is 4.76. The maximum Gasteiger partial charge on any atom is 0.308 e. The van der Waals surface area contributed by atoms with E-state index in [1.807, 2.05) is 13.8 Å². The molecule has 0 aliphatic carbocycles. The average molecular weight is 383 g/mol. The van der Waals surface area contributed by atoms with Gasteiger partial charge in [0, 0.05) is 12.3 Å². The number of rotatable bonds is 4. The average Bonchev–Trinajstić information content (AvgIpc) is 2.52. The molecule has 28 heavy (non-hydrogen) atoms. The fraction of sp³-hybridized carbons (Fsp3) is 0.480. The SMILES string of the molecule is CC(=O)Oc1c(C)cc(C(C)(C)c2cc(C)c(OC(C)(C)C)c(C)c2)cc1C. The van der Waals surface area contributed by atoms with Crippen LogP contribution in [-0.2, 0) is 10.2 Å². The Kier molecular flexibility index (Phi) is 5.98. The van der Waals surface area contributed by atoms with Gasteiger partial charge in [0.05, 0.1) is 0 Å². The van der Waals surface area contributed by atoms with E-state index >= 15 is 0 Å². The number of aryl methyl sites for hydroxylation is 4. The number of benzene rings is 2. The molecule has 0 atom stereocenters. The van der Waals surface area contributed by atoms with Crippen LogP contribution >= 0.6 is 0 Å². The maximum absolute atomic E-state index is 11.4. The lowest BCUT2D eigenvalue weighted by molar-refractivity contribution is -0.131. The van der Waals surface area contributed by atoms with Crippen molar-refractivity contribution in [1.82, 2.24) is 0 Å². The predicted molar refractivity (Wildman–Crippen MR) is 116 cm³/mol. The molecule has 0 saturated heterocycles. The van der Waals surface area contributed by atoms with Crippen LogP contribution < -0.4 is 9.47 Å². The summed E-state index contributed by atoms with van der Waals surface area (Å²) in [5.41, 5.74) is 6.24. The molecule has 2 aromatic carbocycles. The molecule has 0 aliphatic rings. The first-order chi connectivity index (χ1) is 12.7. The topological polar surface area (TPSA) is 35.5 Å². The highest BCUT2D eigenvalue weighted by Gasteiger charge is 2.27. The second kappa shape index (κ2) is 7.62. The molecule has 0 spiro atoms. The molecule has 0 aromatic heterocycles. The third-order valence-corrected chi connectivity index (χ3v) is 5.02. The Morgan fingerprint density at radius 2 is 1.07 bits per heavy atom. The van der Waals surface area contributed by atoms with E-state index in [0.29, 0.717) is 5.75 Å². The van der Waals surface area contributed by atoms with Gasteiger partial charge < -0.3 is 9.47 Å². The lowest BCUT2D eigenvalue weighted by Gasteiger charge is -2.30. The summed E-state index contributed by atoms with van der Waals surface area (Å²) in [7, 11) is 0. The third-order valence-electron chi connectivity index (χ3n) is 5.02. The van der Waals surface area contributed by atoms with Crippen molar-refractivity contribution in [3.05, 3.63) is 57.6 Å². The van der Waals surface area contributed by atoms with Crippen LogP contribution in [0.3, 0.4) is 0 Å². The Balaban J connectivity index is 2.51. The molecule has 0 radical (unpaired) electrons. The minimum atomic E-state index is -0.293. The Bertz CT molecular complexity index is 852. The van der Waals surface area contributed by atoms with Gasteiger partial charge >= 0.3 is 5.97 Å². The van der Waals surface area contributed by atoms with Gasteiger partial charge in [0.2, 0.25) is 0 Å². The summed E-state index contributed by atoms with van der Waals surface area (Å²) in [6, 6.07) is 8.68. The minimum Gasteiger partial charge on any atom is -0.488 e. The van der Waals surface area contributed by atoms with Crippen molar-refractivity contribution in [3.63, 3.8) is 0 Å². The maximum atomic E-state index is 11.4. The van der Waals surface area contributed by atoms with Crippen LogP contribution in [-0.4, -0.2) is 11.6 Å². The standard InChI is InChI=1S/C25H34O3/c1-15-11-20(12-16(2)22(15)27-19(5)26)25(9,10)21-13-17(3)23(18(4)14-21)28-24(6,7)8/h11-14H,1-10H3. The van der Waals surface area contributed by atoms with E-state index in [9.17, 15) is 4.79 Å². The zero-order chi connectivity index (χ0) is 21.4. The zero-order valence-corrected chi connectivity index (χ0v) is 19.0. The molecular formula is C25H34O3. The summed E-state index contributed by atoms with van der Waals surface area (Å²) in [4.78, 5) is 11.4. The smallest absolute Gasteiger partial charge is 0.308 e. The van der Waals surface area contributed by atoms with Crippen LogP contribution in [0, 0.1) is 27.7 Å². The van der Waals surface area contributed by atoms with Gasteiger partial charge in [0.25, 0.3) is 0 Å². The second-order valence-electron chi connectivity index (χ2n) is 9.31. The van der Waals surface area contributed by atoms with Gasteiger partial charge in [-0.1, -0.05) is 38.1 Å². The highest BCUT2D eigenvalue weighted by Crippen LogP contribution is 2.39. The molecule has 0 aliphatic heterocycles. The monoisotopic (exact) mass is 382 g/mol. The molecule has 0 saturated carbocycles. The molecule has 152 valence electrons. The first-order valence-electron chi connectivity index (χ1n) is 9.83. The Labute approximate surface area is 170 Å². The van der Waals surface area contributed by atoms with Gasteiger partial charge in [-0.25, -0.2) is 0 Å². The van der Waals surface area contributed by atoms with Gasteiger partial charge in [-0.3, -0.25) is 4.79 Å². The van der Waals surface area contributed by atoms with Crippen molar-refractivity contribution in [3.8, 4) is 11.5 Å². The van der Waals surface area contributed by atoms with E-state index in [1.54, 1.807) is 0 Å². The van der Waals surface area contributed by atoms with Crippen LogP contribution in [0.2, 0.25) is 0 Å². The van der Waals surface area contributed by atoms with E-state index < -0.39 is 0 Å². The largest absolute Gasteiger partial charge is 0.488 e. The Morgan fingerprint density at radius 1 is 0.714 bits per heavy atom. The molecule has 2 aromatic rings. The highest BCUT2D eigenvalue weighted by molar-refractivity contribution is 5.70. The number of hydrogen-bond acceptors (Lipinski definition) is 3. The number of hydrogen-bond donors (Lipinski definition) is 0. The Hall–Kier alpha value is -2.29. The normalized spacial score (nSPS) is 12.1. The van der Waals surface area contributed by atoms with Gasteiger partial charge in [0.15, 0.2) is 0 Å². The Morgan fingerprint density at radius 3 is 1.39 bits per heavy atom. The molecule has 2 rings (SSSR count). The minimum absolute atomic E-state index is 0.194. The fourth-order valence-corrected chi connectivity index (χ4v) is 3.56. The van der Waals surface area contributed by atoms with Crippen LogP contribution in [0.1, 0.15) is 74.9 Å². The molecule has 0 unspecified atom stereocenters. The van der Waals surface area contributed by atoms with Crippen LogP contribution in [0.4, 0.5) is 0 Å². The zero-order valence-electron chi connectivity index (χ0n) is 19.0. The summed E-state index contributed by atoms with van der Waals surface area (Å²) in [5.74, 6) is 1.33. The van der Waals surface area contributed by atoms with Gasteiger partial charge in [-0.15, -0.1) is 0 Å². The van der Waals surface area contributed by atoms with E-state index in [2.05, 4.69) is 72.7 Å². The summed E-state index contributed by atoms with van der Waals surface area (Å²) in [6.07, 6.45) is 0. The molecule has 0 heterocycles. The summed E-state index contributed by atoms with van der Waals surface area (Å²) < 4.78 is 11.6. The summed E-state index contributed by atoms with van der Waals surface area (Å²) in [6.45, 7) is 20.3.